The van der Waals surface area contributed by atoms with Crippen molar-refractivity contribution in [3.8, 4) is 17.1 Å². The Kier molecular flexibility index (Phi) is 6.37. The molecule has 0 spiro atoms. The average Bonchev–Trinajstić information content (AvgIpc) is 3.29. The van der Waals surface area contributed by atoms with E-state index in [1.165, 1.54) is 10.7 Å². The van der Waals surface area contributed by atoms with Gasteiger partial charge in [0.15, 0.2) is 0 Å². The lowest BCUT2D eigenvalue weighted by Crippen LogP contribution is -2.28. The molecule has 0 radical (unpaired) electrons. The summed E-state index contributed by atoms with van der Waals surface area (Å²) in [5, 5.41) is 20.7. The molecule has 31 heavy (non-hydrogen) atoms. The molecule has 0 atom stereocenters. The third-order valence-corrected chi connectivity index (χ3v) is 5.32. The first-order valence-corrected chi connectivity index (χ1v) is 10.5. The van der Waals surface area contributed by atoms with E-state index in [0.717, 1.165) is 41.9 Å². The molecule has 8 nitrogen and oxygen atoms in total. The lowest BCUT2D eigenvalue weighted by atomic mass is 9.93. The summed E-state index contributed by atoms with van der Waals surface area (Å²) in [6.07, 6.45) is 5.27. The van der Waals surface area contributed by atoms with Crippen LogP contribution in [0.15, 0.2) is 65.1 Å². The Labute approximate surface area is 179 Å². The number of rotatable bonds is 7. The maximum atomic E-state index is 12.7. The molecule has 2 N–H and O–H groups in total. The van der Waals surface area contributed by atoms with Crippen LogP contribution in [0.5, 0.6) is 0 Å². The van der Waals surface area contributed by atoms with E-state index in [1.807, 2.05) is 36.4 Å². The van der Waals surface area contributed by atoms with Crippen molar-refractivity contribution in [3.05, 3.63) is 70.7 Å². The number of hydrogen-bond donors (Lipinski definition) is 2. The van der Waals surface area contributed by atoms with Crippen LogP contribution in [0.2, 0.25) is 0 Å². The Morgan fingerprint density at radius 2 is 1.84 bits per heavy atom. The molecule has 160 valence electrons. The summed E-state index contributed by atoms with van der Waals surface area (Å²) in [5.41, 5.74) is 3.80. The van der Waals surface area contributed by atoms with Crippen LogP contribution in [0, 0.1) is 0 Å². The lowest BCUT2D eigenvalue weighted by molar-refractivity contribution is -0.120. The molecule has 1 aliphatic carbocycles. The molecule has 8 heteroatoms. The van der Waals surface area contributed by atoms with Gasteiger partial charge in [0, 0.05) is 24.7 Å². The number of hydrogen-bond acceptors (Lipinski definition) is 5. The minimum atomic E-state index is -0.223. The third-order valence-electron chi connectivity index (χ3n) is 5.32. The number of para-hydroxylation sites is 1. The van der Waals surface area contributed by atoms with Crippen LogP contribution in [-0.2, 0) is 4.79 Å². The lowest BCUT2D eigenvalue weighted by Gasteiger charge is -2.21. The van der Waals surface area contributed by atoms with Gasteiger partial charge in [0.05, 0.1) is 24.2 Å². The van der Waals surface area contributed by atoms with Gasteiger partial charge in [-0.25, -0.2) is 9.36 Å². The molecule has 4 rings (SSSR count). The number of allylic oxidation sites excluding steroid dienone is 1. The minimum absolute atomic E-state index is 0.101. The SMILES string of the molecule is O=C(CC1=C(n2nc(-c3ccnn3-c3ccccc3)ccc2=O)CCCC1)NCCO. The molecule has 1 amide bonds. The molecule has 1 aliphatic rings. The Morgan fingerprint density at radius 3 is 2.65 bits per heavy atom. The highest BCUT2D eigenvalue weighted by Gasteiger charge is 2.20. The van der Waals surface area contributed by atoms with E-state index in [0.29, 0.717) is 12.1 Å². The minimum Gasteiger partial charge on any atom is -0.395 e. The molecule has 2 heterocycles. The molecule has 0 aliphatic heterocycles. The van der Waals surface area contributed by atoms with Gasteiger partial charge in [-0.3, -0.25) is 9.59 Å². The van der Waals surface area contributed by atoms with Gasteiger partial charge in [0.25, 0.3) is 5.56 Å². The van der Waals surface area contributed by atoms with E-state index in [4.69, 9.17) is 5.11 Å². The molecular weight excluding hydrogens is 394 g/mol. The fourth-order valence-corrected chi connectivity index (χ4v) is 3.86. The first-order chi connectivity index (χ1) is 15.2. The Balaban J connectivity index is 1.72. The normalized spacial score (nSPS) is 14.0. The maximum Gasteiger partial charge on any atom is 0.271 e. The molecule has 0 fully saturated rings. The Hall–Kier alpha value is -3.52. The highest BCUT2D eigenvalue weighted by molar-refractivity contribution is 5.80. The summed E-state index contributed by atoms with van der Waals surface area (Å²) < 4.78 is 3.22. The zero-order valence-corrected chi connectivity index (χ0v) is 17.2. The number of carbonyl (C=O) groups is 1. The topological polar surface area (TPSA) is 102 Å². The van der Waals surface area contributed by atoms with Crippen LogP contribution < -0.4 is 10.9 Å². The first-order valence-electron chi connectivity index (χ1n) is 10.5. The van der Waals surface area contributed by atoms with Gasteiger partial charge in [0.1, 0.15) is 5.69 Å². The largest absolute Gasteiger partial charge is 0.395 e. The zero-order chi connectivity index (χ0) is 21.6. The quantitative estimate of drug-likeness (QED) is 0.612. The molecule has 0 saturated carbocycles. The fourth-order valence-electron chi connectivity index (χ4n) is 3.86. The summed E-state index contributed by atoms with van der Waals surface area (Å²) in [5.74, 6) is -0.158. The molecule has 0 bridgehead atoms. The van der Waals surface area contributed by atoms with Gasteiger partial charge in [0.2, 0.25) is 5.91 Å². The Morgan fingerprint density at radius 1 is 1.03 bits per heavy atom. The van der Waals surface area contributed by atoms with E-state index in [9.17, 15) is 9.59 Å². The summed E-state index contributed by atoms with van der Waals surface area (Å²) in [6.45, 7) is 0.119. The van der Waals surface area contributed by atoms with Gasteiger partial charge >= 0.3 is 0 Å². The van der Waals surface area contributed by atoms with Crippen molar-refractivity contribution in [1.29, 1.82) is 0 Å². The Bertz CT molecular complexity index is 1150. The standard InChI is InChI=1S/C23H25N5O3/c29-15-14-24-22(30)16-17-6-4-5-9-20(17)28-23(31)11-10-19(26-28)21-12-13-25-27(21)18-7-2-1-3-8-18/h1-3,7-8,10-13,29H,4-6,9,14-16H2,(H,24,30). The van der Waals surface area contributed by atoms with E-state index in [2.05, 4.69) is 15.5 Å². The highest BCUT2D eigenvalue weighted by Crippen LogP contribution is 2.29. The van der Waals surface area contributed by atoms with E-state index < -0.39 is 0 Å². The number of amides is 1. The van der Waals surface area contributed by atoms with Crippen molar-refractivity contribution in [2.45, 2.75) is 32.1 Å². The van der Waals surface area contributed by atoms with Gasteiger partial charge in [-0.1, -0.05) is 18.2 Å². The predicted octanol–water partition coefficient (Wildman–Crippen LogP) is 2.38. The second-order valence-corrected chi connectivity index (χ2v) is 7.44. The first kappa shape index (κ1) is 20.7. The summed E-state index contributed by atoms with van der Waals surface area (Å²) in [6, 6.07) is 14.8. The van der Waals surface area contributed by atoms with Gasteiger partial charge < -0.3 is 10.4 Å². The van der Waals surface area contributed by atoms with Crippen molar-refractivity contribution in [2.24, 2.45) is 0 Å². The predicted molar refractivity (Wildman–Crippen MR) is 117 cm³/mol. The zero-order valence-electron chi connectivity index (χ0n) is 17.2. The van der Waals surface area contributed by atoms with Crippen molar-refractivity contribution < 1.29 is 9.90 Å². The van der Waals surface area contributed by atoms with Crippen molar-refractivity contribution in [3.63, 3.8) is 0 Å². The van der Waals surface area contributed by atoms with E-state index in [1.54, 1.807) is 16.9 Å². The van der Waals surface area contributed by atoms with Crippen LogP contribution in [0.1, 0.15) is 32.1 Å². The number of nitrogens with zero attached hydrogens (tertiary/aromatic N) is 4. The number of benzene rings is 1. The van der Waals surface area contributed by atoms with Crippen LogP contribution >= 0.6 is 0 Å². The van der Waals surface area contributed by atoms with Crippen LogP contribution in [0.25, 0.3) is 22.8 Å². The summed E-state index contributed by atoms with van der Waals surface area (Å²) in [4.78, 5) is 24.9. The summed E-state index contributed by atoms with van der Waals surface area (Å²) >= 11 is 0. The van der Waals surface area contributed by atoms with Crippen molar-refractivity contribution in [2.75, 3.05) is 13.2 Å². The van der Waals surface area contributed by atoms with Crippen LogP contribution in [0.3, 0.4) is 0 Å². The number of nitrogens with one attached hydrogen (secondary N) is 1. The number of carbonyl (C=O) groups excluding carboxylic acids is 1. The molecule has 0 saturated heterocycles. The molecule has 0 unspecified atom stereocenters. The summed E-state index contributed by atoms with van der Waals surface area (Å²) in [7, 11) is 0. The van der Waals surface area contributed by atoms with E-state index >= 15 is 0 Å². The molecule has 2 aromatic heterocycles. The van der Waals surface area contributed by atoms with E-state index in [-0.39, 0.29) is 31.0 Å². The smallest absolute Gasteiger partial charge is 0.271 e. The third kappa shape index (κ3) is 4.64. The van der Waals surface area contributed by atoms with Crippen LogP contribution in [0.4, 0.5) is 0 Å². The average molecular weight is 419 g/mol. The fraction of sp³-hybridized carbons (Fsp3) is 0.304. The monoisotopic (exact) mass is 419 g/mol. The molecular formula is C23H25N5O3. The van der Waals surface area contributed by atoms with Crippen molar-refractivity contribution in [1.82, 2.24) is 24.9 Å². The second-order valence-electron chi connectivity index (χ2n) is 7.44. The van der Waals surface area contributed by atoms with Gasteiger partial charge in [-0.05, 0) is 55.5 Å². The number of aliphatic hydroxyl groups is 1. The molecule has 1 aromatic carbocycles. The van der Waals surface area contributed by atoms with Crippen LogP contribution in [-0.4, -0.2) is 43.7 Å². The van der Waals surface area contributed by atoms with Gasteiger partial charge in [-0.15, -0.1) is 0 Å². The van der Waals surface area contributed by atoms with Gasteiger partial charge in [-0.2, -0.15) is 10.2 Å². The number of aliphatic hydroxyl groups excluding tert-OH is 1. The maximum absolute atomic E-state index is 12.7. The number of aromatic nitrogens is 4. The highest BCUT2D eigenvalue weighted by atomic mass is 16.3. The second kappa shape index (κ2) is 9.53. The van der Waals surface area contributed by atoms with Crippen molar-refractivity contribution >= 4 is 11.6 Å². The molecule has 3 aromatic rings.